The number of hydrogen-bond donors (Lipinski definition) is 2. The Balaban J connectivity index is 1.67. The van der Waals surface area contributed by atoms with Crippen LogP contribution < -0.4 is 10.6 Å². The maximum absolute atomic E-state index is 11.3. The predicted octanol–water partition coefficient (Wildman–Crippen LogP) is 1.78. The highest BCUT2D eigenvalue weighted by Gasteiger charge is 2.56. The first-order chi connectivity index (χ1) is 9.19. The van der Waals surface area contributed by atoms with Crippen molar-refractivity contribution in [2.45, 2.75) is 38.5 Å². The lowest BCUT2D eigenvalue weighted by Crippen LogP contribution is -2.57. The van der Waals surface area contributed by atoms with Crippen LogP contribution in [0.4, 0.5) is 0 Å². The Labute approximate surface area is 117 Å². The van der Waals surface area contributed by atoms with Crippen LogP contribution in [0.2, 0.25) is 0 Å². The summed E-state index contributed by atoms with van der Waals surface area (Å²) in [5.41, 5.74) is 6.44. The second-order valence-electron chi connectivity index (χ2n) is 6.96. The molecule has 4 nitrogen and oxygen atoms in total. The first-order valence-corrected chi connectivity index (χ1v) is 8.22. The van der Waals surface area contributed by atoms with Gasteiger partial charge >= 0.3 is 4.87 Å². The molecule has 4 aliphatic carbocycles. The van der Waals surface area contributed by atoms with E-state index in [9.17, 15) is 4.79 Å². The van der Waals surface area contributed by atoms with Gasteiger partial charge in [0.05, 0.1) is 0 Å². The van der Waals surface area contributed by atoms with Gasteiger partial charge in [-0.1, -0.05) is 0 Å². The molecule has 5 rings (SSSR count). The molecule has 1 aromatic rings. The van der Waals surface area contributed by atoms with Crippen LogP contribution in [0.25, 0.3) is 0 Å². The third kappa shape index (κ3) is 1.74. The molecule has 19 heavy (non-hydrogen) atoms. The lowest BCUT2D eigenvalue weighted by atomic mass is 9.44. The van der Waals surface area contributed by atoms with Crippen LogP contribution >= 0.6 is 11.5 Å². The summed E-state index contributed by atoms with van der Waals surface area (Å²) in [6.07, 6.45) is 7.78. The molecule has 0 spiro atoms. The molecule has 0 aromatic carbocycles. The largest absolute Gasteiger partial charge is 0.330 e. The zero-order chi connectivity index (χ0) is 13.0. The summed E-state index contributed by atoms with van der Waals surface area (Å²) >= 11 is 1.04. The number of aromatic nitrogens is 2. The van der Waals surface area contributed by atoms with Crippen molar-refractivity contribution in [3.05, 3.63) is 15.5 Å². The van der Waals surface area contributed by atoms with E-state index in [4.69, 9.17) is 5.73 Å². The Morgan fingerprint density at radius 2 is 1.84 bits per heavy atom. The van der Waals surface area contributed by atoms with Crippen molar-refractivity contribution in [3.63, 3.8) is 0 Å². The summed E-state index contributed by atoms with van der Waals surface area (Å²) in [6.45, 7) is 0.751. The van der Waals surface area contributed by atoms with E-state index in [0.717, 1.165) is 54.0 Å². The molecule has 4 aliphatic rings. The summed E-state index contributed by atoms with van der Waals surface area (Å²) in [7, 11) is 0. The van der Waals surface area contributed by atoms with Crippen LogP contribution in [-0.4, -0.2) is 15.9 Å². The summed E-state index contributed by atoms with van der Waals surface area (Å²) in [4.78, 5) is 14.2. The molecule has 0 atom stereocenters. The van der Waals surface area contributed by atoms with E-state index in [0.29, 0.717) is 0 Å². The molecule has 1 aromatic heterocycles. The van der Waals surface area contributed by atoms with Crippen molar-refractivity contribution < 1.29 is 0 Å². The molecule has 0 radical (unpaired) electrons. The van der Waals surface area contributed by atoms with Crippen LogP contribution in [0, 0.1) is 29.1 Å². The first kappa shape index (κ1) is 12.1. The fraction of sp³-hybridized carbons (Fsp3) is 0.857. The molecular formula is C14H21N3OS. The van der Waals surface area contributed by atoms with Gasteiger partial charge in [-0.25, -0.2) is 0 Å². The number of hydrogen-bond acceptors (Lipinski definition) is 4. The molecule has 104 valence electrons. The van der Waals surface area contributed by atoms with Gasteiger partial charge in [-0.2, -0.15) is 4.37 Å². The fourth-order valence-corrected chi connectivity index (χ4v) is 5.93. The molecule has 5 heteroatoms. The van der Waals surface area contributed by atoms with Gasteiger partial charge in [-0.05, 0) is 67.7 Å². The second-order valence-corrected chi connectivity index (χ2v) is 7.70. The second kappa shape index (κ2) is 4.16. The average Bonchev–Trinajstić information content (AvgIpc) is 2.78. The van der Waals surface area contributed by atoms with Crippen molar-refractivity contribution in [2.24, 2.45) is 34.8 Å². The Hall–Kier alpha value is -0.680. The molecule has 0 unspecified atom stereocenters. The van der Waals surface area contributed by atoms with Gasteiger partial charge in [-0.15, -0.1) is 0 Å². The van der Waals surface area contributed by atoms with Crippen molar-refractivity contribution in [1.82, 2.24) is 9.36 Å². The number of nitrogens with two attached hydrogens (primary N) is 1. The van der Waals surface area contributed by atoms with Crippen molar-refractivity contribution in [1.29, 1.82) is 0 Å². The summed E-state index contributed by atoms with van der Waals surface area (Å²) in [5.74, 6) is 4.30. The quantitative estimate of drug-likeness (QED) is 0.886. The minimum atomic E-state index is -0.0361. The van der Waals surface area contributed by atoms with Crippen molar-refractivity contribution in [2.75, 3.05) is 6.54 Å². The number of nitrogens with zero attached hydrogens (tertiary/aromatic N) is 1. The van der Waals surface area contributed by atoms with E-state index >= 15 is 0 Å². The highest BCUT2D eigenvalue weighted by Crippen LogP contribution is 2.62. The molecule has 1 heterocycles. The lowest BCUT2D eigenvalue weighted by molar-refractivity contribution is -0.104. The van der Waals surface area contributed by atoms with Gasteiger partial charge in [0.15, 0.2) is 0 Å². The Morgan fingerprint density at radius 1 is 1.21 bits per heavy atom. The molecule has 0 aliphatic heterocycles. The van der Waals surface area contributed by atoms with Gasteiger partial charge in [0, 0.05) is 18.0 Å². The first-order valence-electron chi connectivity index (χ1n) is 7.44. The van der Waals surface area contributed by atoms with Crippen LogP contribution in [-0.2, 0) is 6.42 Å². The van der Waals surface area contributed by atoms with Gasteiger partial charge in [0.2, 0.25) is 0 Å². The maximum atomic E-state index is 11.3. The topological polar surface area (TPSA) is 71.8 Å². The van der Waals surface area contributed by atoms with Crippen LogP contribution in [0.15, 0.2) is 4.79 Å². The lowest BCUT2D eigenvalue weighted by Gasteiger charge is -2.61. The Bertz CT molecular complexity index is 507. The van der Waals surface area contributed by atoms with Gasteiger partial charge in [-0.3, -0.25) is 9.78 Å². The van der Waals surface area contributed by atoms with E-state index < -0.39 is 0 Å². The number of nitrogens with one attached hydrogen (secondary N) is 1. The SMILES string of the molecule is NCC1(Cc2nsc(=O)[nH]2)C2CC3CC(C2)CC1C3. The molecule has 0 saturated heterocycles. The molecular weight excluding hydrogens is 258 g/mol. The minimum Gasteiger partial charge on any atom is -0.330 e. The Morgan fingerprint density at radius 3 is 2.32 bits per heavy atom. The summed E-state index contributed by atoms with van der Waals surface area (Å²) in [5, 5.41) is 0. The van der Waals surface area contributed by atoms with Crippen LogP contribution in [0.1, 0.15) is 37.9 Å². The smallest absolute Gasteiger partial charge is 0.323 e. The molecule has 4 saturated carbocycles. The number of rotatable bonds is 3. The minimum absolute atomic E-state index is 0.0361. The van der Waals surface area contributed by atoms with E-state index in [1.807, 2.05) is 0 Å². The monoisotopic (exact) mass is 279 g/mol. The van der Waals surface area contributed by atoms with Gasteiger partial charge in [0.1, 0.15) is 5.82 Å². The fourth-order valence-electron chi connectivity index (χ4n) is 5.47. The summed E-state index contributed by atoms with van der Waals surface area (Å²) < 4.78 is 4.28. The standard InChI is InChI=1S/C14H21N3OS/c15-7-14(6-12-16-13(18)19-17-12)10-2-8-1-9(4-10)5-11(14)3-8/h8-11H,1-7,15H2,(H,16,17,18). The van der Waals surface area contributed by atoms with Crippen LogP contribution in [0.5, 0.6) is 0 Å². The molecule has 0 amide bonds. The van der Waals surface area contributed by atoms with Gasteiger partial charge < -0.3 is 5.73 Å². The predicted molar refractivity (Wildman–Crippen MR) is 75.0 cm³/mol. The number of aromatic amines is 1. The maximum Gasteiger partial charge on any atom is 0.323 e. The normalized spacial score (nSPS) is 43.8. The van der Waals surface area contributed by atoms with Crippen molar-refractivity contribution in [3.8, 4) is 0 Å². The number of H-pyrrole nitrogens is 1. The van der Waals surface area contributed by atoms with E-state index in [-0.39, 0.29) is 10.3 Å². The third-order valence-corrected chi connectivity index (χ3v) is 6.71. The highest BCUT2D eigenvalue weighted by atomic mass is 32.1. The Kier molecular flexibility index (Phi) is 2.64. The van der Waals surface area contributed by atoms with E-state index in [2.05, 4.69) is 9.36 Å². The van der Waals surface area contributed by atoms with Gasteiger partial charge in [0.25, 0.3) is 0 Å². The zero-order valence-electron chi connectivity index (χ0n) is 11.1. The molecule has 4 fully saturated rings. The molecule has 4 bridgehead atoms. The summed E-state index contributed by atoms with van der Waals surface area (Å²) in [6, 6.07) is 0. The highest BCUT2D eigenvalue weighted by molar-refractivity contribution is 7.02. The average molecular weight is 279 g/mol. The zero-order valence-corrected chi connectivity index (χ0v) is 11.9. The van der Waals surface area contributed by atoms with Crippen molar-refractivity contribution >= 4 is 11.5 Å². The van der Waals surface area contributed by atoms with E-state index in [1.54, 1.807) is 0 Å². The van der Waals surface area contributed by atoms with E-state index in [1.165, 1.54) is 32.1 Å². The molecule has 3 N–H and O–H groups in total. The van der Waals surface area contributed by atoms with Crippen LogP contribution in [0.3, 0.4) is 0 Å². The third-order valence-electron chi connectivity index (χ3n) is 6.13.